The fraction of sp³-hybridized carbons (Fsp3) is 0.839. The maximum Gasteiger partial charge on any atom is 0.147 e. The van der Waals surface area contributed by atoms with E-state index in [1.807, 2.05) is 0 Å². The van der Waals surface area contributed by atoms with Crippen LogP contribution < -0.4 is 0 Å². The van der Waals surface area contributed by atoms with Crippen molar-refractivity contribution in [3.05, 3.63) is 12.2 Å². The van der Waals surface area contributed by atoms with Gasteiger partial charge in [0.05, 0.1) is 12.8 Å². The zero-order valence-corrected chi connectivity index (χ0v) is 23.3. The molecule has 0 aromatic rings. The molecule has 0 atom stereocenters. The lowest BCUT2D eigenvalue weighted by molar-refractivity contribution is -0.129. The van der Waals surface area contributed by atoms with Crippen LogP contribution in [0, 0.1) is 17.8 Å². The smallest absolute Gasteiger partial charge is 0.147 e. The summed E-state index contributed by atoms with van der Waals surface area (Å²) in [5.41, 5.74) is 0. The standard InChI is InChI=1S/C31H56O3/c1-26(2)31(27(3)4)23-21-19-17-15-13-11-9-7-6-8-10-12-14-16-18-20-22-29(33)25-30(34)24-28(5)32/h7,9,26-27,31H,6,8,10-25H2,1-5H3/b9-7-. The zero-order chi connectivity index (χ0) is 25.6. The second-order valence-corrected chi connectivity index (χ2v) is 11.1. The molecule has 0 heterocycles. The number of hydrogen-bond donors (Lipinski definition) is 0. The minimum absolute atomic E-state index is 0.0144. The second-order valence-electron chi connectivity index (χ2n) is 11.1. The molecule has 0 radical (unpaired) electrons. The van der Waals surface area contributed by atoms with Gasteiger partial charge in [-0.2, -0.15) is 0 Å². The number of unbranched alkanes of at least 4 members (excludes halogenated alkanes) is 12. The predicted octanol–water partition coefficient (Wildman–Crippen LogP) is 9.22. The highest BCUT2D eigenvalue weighted by atomic mass is 16.2. The van der Waals surface area contributed by atoms with Crippen molar-refractivity contribution < 1.29 is 14.4 Å². The quantitative estimate of drug-likeness (QED) is 0.0792. The van der Waals surface area contributed by atoms with Gasteiger partial charge in [-0.15, -0.1) is 0 Å². The first-order valence-electron chi connectivity index (χ1n) is 14.4. The molecule has 0 aromatic carbocycles. The Bertz CT molecular complexity index is 551. The van der Waals surface area contributed by atoms with Crippen LogP contribution in [0.15, 0.2) is 12.2 Å². The maximum atomic E-state index is 11.7. The molecule has 0 unspecified atom stereocenters. The molecule has 0 bridgehead atoms. The summed E-state index contributed by atoms with van der Waals surface area (Å²) >= 11 is 0. The Balaban J connectivity index is 3.39. The average molecular weight is 477 g/mol. The number of allylic oxidation sites excluding steroid dienone is 2. The van der Waals surface area contributed by atoms with Crippen LogP contribution in [0.2, 0.25) is 0 Å². The second kappa shape index (κ2) is 22.2. The van der Waals surface area contributed by atoms with Gasteiger partial charge in [-0.3, -0.25) is 14.4 Å². The monoisotopic (exact) mass is 476 g/mol. The summed E-state index contributed by atoms with van der Waals surface area (Å²) in [5.74, 6) is 2.11. The number of hydrogen-bond acceptors (Lipinski definition) is 3. The van der Waals surface area contributed by atoms with Crippen LogP contribution in [0.4, 0.5) is 0 Å². The molecule has 3 heteroatoms. The highest BCUT2D eigenvalue weighted by Crippen LogP contribution is 2.26. The number of rotatable bonds is 24. The Morgan fingerprint density at radius 2 is 1.00 bits per heavy atom. The van der Waals surface area contributed by atoms with Crippen LogP contribution in [0.5, 0.6) is 0 Å². The van der Waals surface area contributed by atoms with Gasteiger partial charge in [-0.05, 0) is 63.2 Å². The van der Waals surface area contributed by atoms with Crippen LogP contribution in [-0.2, 0) is 14.4 Å². The fourth-order valence-electron chi connectivity index (χ4n) is 4.96. The lowest BCUT2D eigenvalue weighted by Crippen LogP contribution is -2.15. The molecule has 0 N–H and O–H groups in total. The summed E-state index contributed by atoms with van der Waals surface area (Å²) in [6.07, 6.45) is 24.0. The summed E-state index contributed by atoms with van der Waals surface area (Å²) in [4.78, 5) is 34.0. The van der Waals surface area contributed by atoms with Crippen LogP contribution in [-0.4, -0.2) is 17.3 Å². The maximum absolute atomic E-state index is 11.7. The van der Waals surface area contributed by atoms with Gasteiger partial charge in [0.15, 0.2) is 0 Å². The molecular formula is C31H56O3. The first-order chi connectivity index (χ1) is 16.2. The lowest BCUT2D eigenvalue weighted by Gasteiger charge is -2.24. The zero-order valence-electron chi connectivity index (χ0n) is 23.3. The molecule has 3 nitrogen and oxygen atoms in total. The summed E-state index contributed by atoms with van der Waals surface area (Å²) in [6, 6.07) is 0. The largest absolute Gasteiger partial charge is 0.300 e. The normalized spacial score (nSPS) is 11.9. The molecule has 0 amide bonds. The van der Waals surface area contributed by atoms with Gasteiger partial charge in [-0.25, -0.2) is 0 Å². The third-order valence-corrected chi connectivity index (χ3v) is 6.95. The van der Waals surface area contributed by atoms with Crippen LogP contribution in [0.1, 0.15) is 150 Å². The van der Waals surface area contributed by atoms with Crippen molar-refractivity contribution in [3.63, 3.8) is 0 Å². The van der Waals surface area contributed by atoms with Gasteiger partial charge in [0.2, 0.25) is 0 Å². The summed E-state index contributed by atoms with van der Waals surface area (Å²) in [6.45, 7) is 10.9. The Morgan fingerprint density at radius 3 is 1.47 bits per heavy atom. The van der Waals surface area contributed by atoms with E-state index >= 15 is 0 Å². The van der Waals surface area contributed by atoms with Gasteiger partial charge in [0, 0.05) is 6.42 Å². The third kappa shape index (κ3) is 21.3. The highest BCUT2D eigenvalue weighted by Gasteiger charge is 2.16. The molecule has 34 heavy (non-hydrogen) atoms. The van der Waals surface area contributed by atoms with Crippen molar-refractivity contribution in [2.75, 3.05) is 0 Å². The SMILES string of the molecule is CC(=O)CC(=O)CC(=O)CCCCCCCCC/C=C\CCCCCCCC(C(C)C)C(C)C. The number of carbonyl (C=O) groups is 3. The van der Waals surface area contributed by atoms with Crippen molar-refractivity contribution in [1.82, 2.24) is 0 Å². The minimum atomic E-state index is -0.237. The van der Waals surface area contributed by atoms with E-state index < -0.39 is 0 Å². The van der Waals surface area contributed by atoms with Gasteiger partial charge in [0.25, 0.3) is 0 Å². The number of carbonyl (C=O) groups excluding carboxylic acids is 3. The predicted molar refractivity (Wildman–Crippen MR) is 146 cm³/mol. The number of Topliss-reactive ketones (excluding diaryl/α,β-unsaturated/α-hetero) is 3. The topological polar surface area (TPSA) is 51.2 Å². The van der Waals surface area contributed by atoms with Gasteiger partial charge >= 0.3 is 0 Å². The Morgan fingerprint density at radius 1 is 0.559 bits per heavy atom. The van der Waals surface area contributed by atoms with Crippen molar-refractivity contribution >= 4 is 17.3 Å². The van der Waals surface area contributed by atoms with Gasteiger partial charge in [0.1, 0.15) is 17.3 Å². The Kier molecular flexibility index (Phi) is 21.4. The average Bonchev–Trinajstić information content (AvgIpc) is 2.74. The molecule has 0 fully saturated rings. The highest BCUT2D eigenvalue weighted by molar-refractivity contribution is 6.06. The van der Waals surface area contributed by atoms with Crippen molar-refractivity contribution in [2.24, 2.45) is 17.8 Å². The van der Waals surface area contributed by atoms with E-state index in [1.165, 1.54) is 90.4 Å². The first kappa shape index (κ1) is 32.8. The van der Waals surface area contributed by atoms with Crippen LogP contribution in [0.3, 0.4) is 0 Å². The molecule has 0 saturated heterocycles. The van der Waals surface area contributed by atoms with E-state index in [2.05, 4.69) is 39.8 Å². The van der Waals surface area contributed by atoms with E-state index in [4.69, 9.17) is 0 Å². The van der Waals surface area contributed by atoms with Crippen molar-refractivity contribution in [1.29, 1.82) is 0 Å². The lowest BCUT2D eigenvalue weighted by atomic mass is 9.81. The fourth-order valence-corrected chi connectivity index (χ4v) is 4.96. The van der Waals surface area contributed by atoms with E-state index in [1.54, 1.807) is 0 Å². The van der Waals surface area contributed by atoms with Gasteiger partial charge < -0.3 is 0 Å². The summed E-state index contributed by atoms with van der Waals surface area (Å²) < 4.78 is 0. The molecule has 0 aromatic heterocycles. The van der Waals surface area contributed by atoms with Crippen molar-refractivity contribution in [2.45, 2.75) is 150 Å². The molecule has 0 aliphatic rings. The molecule has 0 aliphatic carbocycles. The third-order valence-electron chi connectivity index (χ3n) is 6.95. The number of ketones is 3. The van der Waals surface area contributed by atoms with Crippen LogP contribution in [0.25, 0.3) is 0 Å². The minimum Gasteiger partial charge on any atom is -0.300 e. The van der Waals surface area contributed by atoms with Crippen LogP contribution >= 0.6 is 0 Å². The van der Waals surface area contributed by atoms with E-state index in [9.17, 15) is 14.4 Å². The van der Waals surface area contributed by atoms with E-state index in [-0.39, 0.29) is 30.2 Å². The Labute approximate surface area is 211 Å². The molecule has 0 spiro atoms. The molecule has 0 saturated carbocycles. The van der Waals surface area contributed by atoms with Crippen molar-refractivity contribution in [3.8, 4) is 0 Å². The molecule has 198 valence electrons. The molecular weight excluding hydrogens is 420 g/mol. The van der Waals surface area contributed by atoms with Gasteiger partial charge in [-0.1, -0.05) is 97.6 Å². The summed E-state index contributed by atoms with van der Waals surface area (Å²) in [5, 5.41) is 0. The Hall–Kier alpha value is -1.25. The van der Waals surface area contributed by atoms with E-state index in [0.717, 1.165) is 30.6 Å². The van der Waals surface area contributed by atoms with E-state index in [0.29, 0.717) is 6.42 Å². The summed E-state index contributed by atoms with van der Waals surface area (Å²) in [7, 11) is 0. The molecule has 0 aliphatic heterocycles. The molecule has 0 rings (SSSR count). The first-order valence-corrected chi connectivity index (χ1v) is 14.4.